The Balaban J connectivity index is 1.27. The number of allylic oxidation sites excluding steroid dienone is 2. The second-order valence-electron chi connectivity index (χ2n) is 18.7. The molecule has 5 heterocycles. The Morgan fingerprint density at radius 2 is 1.76 bits per heavy atom. The second kappa shape index (κ2) is 19.4. The summed E-state index contributed by atoms with van der Waals surface area (Å²) in [4.78, 5) is 40.4. The molecule has 1 aliphatic carbocycles. The van der Waals surface area contributed by atoms with Crippen LogP contribution in [0.3, 0.4) is 0 Å². The van der Waals surface area contributed by atoms with Crippen molar-refractivity contribution >= 4 is 17.9 Å². The Kier molecular flexibility index (Phi) is 14.5. The summed E-state index contributed by atoms with van der Waals surface area (Å²) in [6.07, 6.45) is 6.67. The lowest BCUT2D eigenvalue weighted by Crippen LogP contribution is -2.59. The molecule has 4 fully saturated rings. The van der Waals surface area contributed by atoms with Gasteiger partial charge in [0.25, 0.3) is 0 Å². The molecule has 0 radical (unpaired) electrons. The number of aliphatic hydroxyl groups excluding tert-OH is 1. The number of methoxy groups -OCH3 is 1. The summed E-state index contributed by atoms with van der Waals surface area (Å²) in [7, 11) is 1.56. The van der Waals surface area contributed by atoms with Gasteiger partial charge in [0.05, 0.1) is 48.3 Å². The predicted octanol–water partition coefficient (Wildman–Crippen LogP) is 6.63. The van der Waals surface area contributed by atoms with E-state index < -0.39 is 90.3 Å². The molecule has 1 spiro atoms. The van der Waals surface area contributed by atoms with Crippen LogP contribution in [0, 0.1) is 23.7 Å². The molecule has 4 saturated heterocycles. The maximum atomic E-state index is 14.7. The van der Waals surface area contributed by atoms with E-state index in [1.807, 2.05) is 19.9 Å². The summed E-state index contributed by atoms with van der Waals surface area (Å²) in [5.41, 5.74) is -0.666. The van der Waals surface area contributed by atoms with Crippen LogP contribution in [0.1, 0.15) is 114 Å². The van der Waals surface area contributed by atoms with Crippen molar-refractivity contribution < 1.29 is 67.6 Å². The molecule has 346 valence electrons. The van der Waals surface area contributed by atoms with Gasteiger partial charge in [0, 0.05) is 38.7 Å². The molecule has 1 aromatic rings. The molecule has 16 atom stereocenters. The van der Waals surface area contributed by atoms with Gasteiger partial charge < -0.3 is 53.2 Å². The van der Waals surface area contributed by atoms with Crippen LogP contribution in [0.5, 0.6) is 0 Å². The first-order chi connectivity index (χ1) is 30.0. The van der Waals surface area contributed by atoms with Gasteiger partial charge in [-0.15, -0.1) is 0 Å². The number of hydrogen-bond acceptors (Lipinski definition) is 13. The third-order valence-electron chi connectivity index (χ3n) is 14.3. The first-order valence-corrected chi connectivity index (χ1v) is 22.7. The van der Waals surface area contributed by atoms with Crippen molar-refractivity contribution in [3.63, 3.8) is 0 Å². The number of fused-ring (bicyclic) bond motifs is 2. The Labute approximate surface area is 370 Å². The Bertz CT molecular complexity index is 1970. The van der Waals surface area contributed by atoms with Crippen LogP contribution >= 0.6 is 0 Å². The number of rotatable bonds is 8. The highest BCUT2D eigenvalue weighted by atomic mass is 16.7. The van der Waals surface area contributed by atoms with E-state index in [1.165, 1.54) is 18.2 Å². The monoisotopic (exact) mass is 878 g/mol. The third kappa shape index (κ3) is 9.65. The molecule has 7 rings (SSSR count). The molecule has 3 N–H and O–H groups in total. The van der Waals surface area contributed by atoms with Crippen LogP contribution in [-0.2, 0) is 42.7 Å². The van der Waals surface area contributed by atoms with Gasteiger partial charge in [-0.25, -0.2) is 9.59 Å². The van der Waals surface area contributed by atoms with Crippen LogP contribution in [0.4, 0.5) is 0 Å². The highest BCUT2D eigenvalue weighted by molar-refractivity contribution is 6.02. The van der Waals surface area contributed by atoms with E-state index in [4.69, 9.17) is 37.9 Å². The fourth-order valence-electron chi connectivity index (χ4n) is 10.4. The van der Waals surface area contributed by atoms with E-state index in [0.29, 0.717) is 49.2 Å². The minimum atomic E-state index is -2.02. The molecule has 0 saturated carbocycles. The lowest BCUT2D eigenvalue weighted by molar-refractivity contribution is -0.340. The molecule has 0 unspecified atom stereocenters. The normalized spacial score (nSPS) is 42.3. The Morgan fingerprint density at radius 3 is 2.48 bits per heavy atom. The quantitative estimate of drug-likeness (QED) is 0.187. The second-order valence-corrected chi connectivity index (χ2v) is 18.7. The first kappa shape index (κ1) is 47.2. The van der Waals surface area contributed by atoms with Crippen molar-refractivity contribution in [1.29, 1.82) is 0 Å². The van der Waals surface area contributed by atoms with Gasteiger partial charge in [-0.1, -0.05) is 76.6 Å². The largest absolute Gasteiger partial charge is 0.478 e. The fraction of sp³-hybridized carbons (Fsp3) is 0.653. The highest BCUT2D eigenvalue weighted by Crippen LogP contribution is 2.49. The van der Waals surface area contributed by atoms with Gasteiger partial charge in [-0.2, -0.15) is 0 Å². The van der Waals surface area contributed by atoms with E-state index in [9.17, 15) is 29.7 Å². The zero-order chi connectivity index (χ0) is 45.4. The van der Waals surface area contributed by atoms with E-state index in [0.717, 1.165) is 18.4 Å². The topological polar surface area (TPSA) is 186 Å². The van der Waals surface area contributed by atoms with Crippen molar-refractivity contribution in [2.75, 3.05) is 13.7 Å². The highest BCUT2D eigenvalue weighted by Gasteiger charge is 2.61. The molecule has 14 heteroatoms. The Morgan fingerprint density at radius 1 is 1.02 bits per heavy atom. The maximum absolute atomic E-state index is 14.7. The first-order valence-electron chi connectivity index (χ1n) is 22.7. The zero-order valence-corrected chi connectivity index (χ0v) is 37.8. The average Bonchev–Trinajstić information content (AvgIpc) is 3.59. The minimum Gasteiger partial charge on any atom is -0.478 e. The molecule has 0 amide bonds. The number of aliphatic hydroxyl groups is 2. The summed E-state index contributed by atoms with van der Waals surface area (Å²) in [5, 5.41) is 33.5. The number of hydrogen-bond donors (Lipinski definition) is 3. The van der Waals surface area contributed by atoms with Crippen molar-refractivity contribution in [2.45, 2.75) is 166 Å². The van der Waals surface area contributed by atoms with Crippen LogP contribution < -0.4 is 0 Å². The van der Waals surface area contributed by atoms with Crippen molar-refractivity contribution in [1.82, 2.24) is 0 Å². The SMILES string of the molecule is CC[C@H](C)[C@H]1O[C@]2(CC[C@@H]1C)C[C@@H]1C[C@@H](C/C=C(\C)[C@@H](O[C@H]3C[C@H](OC)[C@@H](O)[C@H](C)O3)[C@@H](C)/C=C/C=C3\CO[C@@H]4[C@H](OC(=O)c5ccccc5C(=O)O)C(C)=C[C@@H](C(=O)O1)[C@]34O)O2. The van der Waals surface area contributed by atoms with Crippen LogP contribution in [0.2, 0.25) is 0 Å². The number of esters is 2. The molecule has 0 aromatic heterocycles. The van der Waals surface area contributed by atoms with E-state index >= 15 is 0 Å². The molecule has 5 aliphatic heterocycles. The predicted molar refractivity (Wildman–Crippen MR) is 229 cm³/mol. The molecular weight excluding hydrogens is 813 g/mol. The maximum Gasteiger partial charge on any atom is 0.339 e. The van der Waals surface area contributed by atoms with Gasteiger partial charge in [-0.05, 0) is 74.3 Å². The summed E-state index contributed by atoms with van der Waals surface area (Å²) in [6.45, 7) is 14.0. The third-order valence-corrected chi connectivity index (χ3v) is 14.3. The number of carboxylic acids is 1. The average molecular weight is 879 g/mol. The van der Waals surface area contributed by atoms with Crippen LogP contribution in [0.15, 0.2) is 71.4 Å². The van der Waals surface area contributed by atoms with Gasteiger partial charge >= 0.3 is 17.9 Å². The van der Waals surface area contributed by atoms with E-state index in [2.05, 4.69) is 26.8 Å². The van der Waals surface area contributed by atoms with Crippen LogP contribution in [0.25, 0.3) is 0 Å². The number of aromatic carboxylic acids is 1. The van der Waals surface area contributed by atoms with Crippen molar-refractivity contribution in [2.24, 2.45) is 23.7 Å². The Hall–Kier alpha value is -3.73. The lowest BCUT2D eigenvalue weighted by atomic mass is 9.70. The number of carbonyl (C=O) groups is 3. The molecule has 1 aromatic carbocycles. The molecular formula is C49H66O14. The number of carbonyl (C=O) groups excluding carboxylic acids is 2. The summed E-state index contributed by atoms with van der Waals surface area (Å²) < 4.78 is 51.1. The zero-order valence-electron chi connectivity index (χ0n) is 37.8. The molecule has 6 aliphatic rings. The van der Waals surface area contributed by atoms with Gasteiger partial charge in [0.2, 0.25) is 0 Å². The van der Waals surface area contributed by atoms with E-state index in [1.54, 1.807) is 45.3 Å². The number of ether oxygens (including phenoxy) is 8. The van der Waals surface area contributed by atoms with Crippen molar-refractivity contribution in [3.8, 4) is 0 Å². The fourth-order valence-corrected chi connectivity index (χ4v) is 10.4. The van der Waals surface area contributed by atoms with Gasteiger partial charge in [-0.3, -0.25) is 4.79 Å². The number of carboxylic acid groups (broad SMARTS) is 1. The molecule has 63 heavy (non-hydrogen) atoms. The molecule has 14 nitrogen and oxygen atoms in total. The van der Waals surface area contributed by atoms with Crippen LogP contribution in [-0.4, -0.2) is 120 Å². The van der Waals surface area contributed by atoms with E-state index in [-0.39, 0.29) is 35.7 Å². The minimum absolute atomic E-state index is 0.0532. The summed E-state index contributed by atoms with van der Waals surface area (Å²) in [5.74, 6) is -4.76. The number of benzene rings is 1. The summed E-state index contributed by atoms with van der Waals surface area (Å²) >= 11 is 0. The smallest absolute Gasteiger partial charge is 0.339 e. The lowest BCUT2D eigenvalue weighted by Gasteiger charge is -2.51. The van der Waals surface area contributed by atoms with Crippen molar-refractivity contribution in [3.05, 3.63) is 82.5 Å². The van der Waals surface area contributed by atoms with Gasteiger partial charge in [0.1, 0.15) is 29.8 Å². The molecule has 2 bridgehead atoms. The van der Waals surface area contributed by atoms with Gasteiger partial charge in [0.15, 0.2) is 18.2 Å². The summed E-state index contributed by atoms with van der Waals surface area (Å²) in [6, 6.07) is 5.74. The standard InChI is InChI=1S/C49H66O14/c1-9-26(2)42-29(5)19-20-48(63-42)24-34-22-33(62-48)18-17-28(4)41(60-39-23-38(56-8)40(50)31(7)58-39)27(3)13-12-14-32-25-57-44-43(30(6)21-37(47(54)59-34)49(32,44)55)61-46(53)36-16-11-10-15-35(36)45(51)52/h10-17,21,26-27,29,31,33-34,37-44,50,55H,9,18-20,22-25H2,1-8H3,(H,51,52)/b13-12+,28-17+,32-14+/t26-,27-,29-,31-,33+,34-,37-,38-,39-,40-,41-,42+,43+,44+,48+,49+/m0/s1.